The van der Waals surface area contributed by atoms with Gasteiger partial charge in [-0.1, -0.05) is 17.7 Å². The predicted molar refractivity (Wildman–Crippen MR) is 72.4 cm³/mol. The zero-order valence-electron chi connectivity index (χ0n) is 11.6. The third-order valence-corrected chi connectivity index (χ3v) is 5.95. The SMILES string of the molecule is [3H]O[Si](C)(C)CCCS(=O)(=O)c1ccc(C)cc1. The number of rotatable bonds is 6. The molecule has 1 rings (SSSR count). The first-order valence-electron chi connectivity index (χ1n) is 6.11. The van der Waals surface area contributed by atoms with Crippen molar-refractivity contribution in [3.8, 4) is 0 Å². The molecular formula is C12H20O3SSi. The highest BCUT2D eigenvalue weighted by atomic mass is 32.2. The summed E-state index contributed by atoms with van der Waals surface area (Å²) >= 11 is 0. The fourth-order valence-electron chi connectivity index (χ4n) is 1.55. The molecule has 3 nitrogen and oxygen atoms in total. The van der Waals surface area contributed by atoms with Gasteiger partial charge in [-0.3, -0.25) is 0 Å². The number of sulfone groups is 1. The van der Waals surface area contributed by atoms with E-state index in [-0.39, 0.29) is 5.75 Å². The zero-order valence-corrected chi connectivity index (χ0v) is 12.4. The molecule has 0 aliphatic carbocycles. The second-order valence-corrected chi connectivity index (χ2v) is 11.1. The van der Waals surface area contributed by atoms with Crippen LogP contribution in [0.5, 0.6) is 0 Å². The largest absolute Gasteiger partial charge is 0.432 e. The molecule has 0 spiro atoms. The molecular weight excluding hydrogens is 252 g/mol. The number of aryl methyl sites for hydroxylation is 1. The Balaban J connectivity index is 2.63. The van der Waals surface area contributed by atoms with Crippen molar-refractivity contribution in [2.75, 3.05) is 5.75 Å². The van der Waals surface area contributed by atoms with Gasteiger partial charge in [0.05, 0.1) is 10.6 Å². The minimum atomic E-state index is -3.20. The lowest BCUT2D eigenvalue weighted by Gasteiger charge is -2.13. The first kappa shape index (κ1) is 12.8. The molecule has 0 heterocycles. The molecule has 0 radical (unpaired) electrons. The van der Waals surface area contributed by atoms with E-state index in [1.807, 2.05) is 20.0 Å². The standard InChI is InChI=1S/C12H20O3SSi/c1-11-5-7-12(8-6-11)16(13,14)9-4-10-17(2,3)15/h5-8,15H,4,9-10H2,1-3H3/i15T. The molecule has 0 saturated carbocycles. The average Bonchev–Trinajstić information content (AvgIpc) is 2.29. The molecule has 5 heteroatoms. The third kappa shape index (κ3) is 5.02. The van der Waals surface area contributed by atoms with E-state index >= 15 is 0 Å². The van der Waals surface area contributed by atoms with Crippen molar-refractivity contribution in [3.63, 3.8) is 0 Å². The smallest absolute Gasteiger partial charge is 0.193 e. The van der Waals surface area contributed by atoms with Crippen molar-refractivity contribution in [1.82, 2.24) is 0 Å². The van der Waals surface area contributed by atoms with Gasteiger partial charge in [-0.15, -0.1) is 0 Å². The minimum Gasteiger partial charge on any atom is -0.432 e. The molecule has 17 heavy (non-hydrogen) atoms. The molecule has 0 aliphatic heterocycles. The van der Waals surface area contributed by atoms with Crippen LogP contribution in [-0.2, 0) is 9.84 Å². The first-order valence-corrected chi connectivity index (χ1v) is 10.5. The molecule has 0 aromatic heterocycles. The maximum absolute atomic E-state index is 12.0. The Morgan fingerprint density at radius 3 is 2.41 bits per heavy atom. The van der Waals surface area contributed by atoms with E-state index in [1.165, 1.54) is 0 Å². The van der Waals surface area contributed by atoms with Crippen LogP contribution in [0.2, 0.25) is 19.1 Å². The molecule has 1 aromatic carbocycles. The molecule has 1 aromatic rings. The van der Waals surface area contributed by atoms with Crippen molar-refractivity contribution >= 4 is 18.2 Å². The normalized spacial score (nSPS) is 13.5. The first-order chi connectivity index (χ1) is 8.27. The van der Waals surface area contributed by atoms with Crippen molar-refractivity contribution < 1.29 is 13.2 Å². The Bertz CT molecular complexity index is 483. The summed E-state index contributed by atoms with van der Waals surface area (Å²) in [5.74, 6) is 0.121. The minimum absolute atomic E-state index is 0.121. The zero-order chi connectivity index (χ0) is 13.8. The quantitative estimate of drug-likeness (QED) is 0.810. The van der Waals surface area contributed by atoms with E-state index in [2.05, 4.69) is 4.80 Å². The van der Waals surface area contributed by atoms with Crippen LogP contribution in [0.15, 0.2) is 29.2 Å². The Morgan fingerprint density at radius 1 is 1.29 bits per heavy atom. The highest BCUT2D eigenvalue weighted by molar-refractivity contribution is 7.91. The van der Waals surface area contributed by atoms with Crippen molar-refractivity contribution in [2.24, 2.45) is 0 Å². The van der Waals surface area contributed by atoms with Crippen LogP contribution in [0.4, 0.5) is 0 Å². The maximum atomic E-state index is 12.0. The molecule has 0 unspecified atom stereocenters. The number of hydrogen-bond donors (Lipinski definition) is 1. The second-order valence-electron chi connectivity index (χ2n) is 5.00. The van der Waals surface area contributed by atoms with E-state index in [9.17, 15) is 8.42 Å². The van der Waals surface area contributed by atoms with Crippen molar-refractivity contribution in [3.05, 3.63) is 29.8 Å². The average molecular weight is 274 g/mol. The van der Waals surface area contributed by atoms with Gasteiger partial charge in [-0.2, -0.15) is 0 Å². The molecule has 0 amide bonds. The van der Waals surface area contributed by atoms with Crippen LogP contribution in [0.25, 0.3) is 0 Å². The molecule has 1 N–H and O–H groups in total. The van der Waals surface area contributed by atoms with E-state index in [1.54, 1.807) is 24.3 Å². The van der Waals surface area contributed by atoms with Crippen LogP contribution < -0.4 is 0 Å². The summed E-state index contributed by atoms with van der Waals surface area (Å²) in [5.41, 5.74) is 1.05. The van der Waals surface area contributed by atoms with Crippen LogP contribution in [0.1, 0.15) is 12.0 Å². The molecule has 0 atom stereocenters. The predicted octanol–water partition coefficient (Wildman–Crippen LogP) is 2.36. The van der Waals surface area contributed by atoms with Gasteiger partial charge in [-0.25, -0.2) is 8.42 Å². The van der Waals surface area contributed by atoms with Gasteiger partial charge in [0.25, 0.3) is 0 Å². The fraction of sp³-hybridized carbons (Fsp3) is 0.500. The Morgan fingerprint density at radius 2 is 1.88 bits per heavy atom. The number of hydrogen-bond acceptors (Lipinski definition) is 3. The Labute approximate surface area is 106 Å². The monoisotopic (exact) mass is 274 g/mol. The Hall–Kier alpha value is -0.653. The second kappa shape index (κ2) is 5.33. The summed E-state index contributed by atoms with van der Waals surface area (Å²) in [4.78, 5) is 5.04. The van der Waals surface area contributed by atoms with E-state index in [0.29, 0.717) is 17.4 Å². The summed E-state index contributed by atoms with van der Waals surface area (Å²) in [6.07, 6.45) is 0.550. The third-order valence-electron chi connectivity index (χ3n) is 2.57. The summed E-state index contributed by atoms with van der Waals surface area (Å²) < 4.78 is 31.0. The van der Waals surface area contributed by atoms with Crippen LogP contribution in [-0.4, -0.2) is 28.7 Å². The fourth-order valence-corrected chi connectivity index (χ4v) is 4.15. The molecule has 0 bridgehead atoms. The summed E-state index contributed by atoms with van der Waals surface area (Å²) in [7, 11) is -5.19. The lowest BCUT2D eigenvalue weighted by atomic mass is 10.2. The van der Waals surface area contributed by atoms with Crippen LogP contribution >= 0.6 is 0 Å². The van der Waals surface area contributed by atoms with E-state index in [0.717, 1.165) is 5.56 Å². The van der Waals surface area contributed by atoms with E-state index < -0.39 is 18.2 Å². The van der Waals surface area contributed by atoms with Gasteiger partial charge >= 0.3 is 0 Å². The molecule has 0 saturated heterocycles. The van der Waals surface area contributed by atoms with Crippen molar-refractivity contribution in [1.29, 1.82) is 1.43 Å². The molecule has 0 fully saturated rings. The van der Waals surface area contributed by atoms with Gasteiger partial charge in [-0.05, 0) is 44.6 Å². The van der Waals surface area contributed by atoms with Crippen molar-refractivity contribution in [2.45, 2.75) is 37.4 Å². The topological polar surface area (TPSA) is 54.4 Å². The van der Waals surface area contributed by atoms with Crippen LogP contribution in [0.3, 0.4) is 0 Å². The summed E-state index contributed by atoms with van der Waals surface area (Å²) in [6, 6.07) is 7.58. The van der Waals surface area contributed by atoms with E-state index in [4.69, 9.17) is 1.43 Å². The molecule has 96 valence electrons. The summed E-state index contributed by atoms with van der Waals surface area (Å²) in [5, 5.41) is 0. The number of benzene rings is 1. The lowest BCUT2D eigenvalue weighted by Crippen LogP contribution is -2.25. The van der Waals surface area contributed by atoms with Gasteiger partial charge in [0.2, 0.25) is 0 Å². The van der Waals surface area contributed by atoms with Gasteiger partial charge in [0.1, 0.15) is 0 Å². The maximum Gasteiger partial charge on any atom is 0.193 e. The molecule has 0 aliphatic rings. The Kier molecular flexibility index (Phi) is 4.01. The highest BCUT2D eigenvalue weighted by Gasteiger charge is 2.19. The summed E-state index contributed by atoms with van der Waals surface area (Å²) in [6.45, 7) is 5.76. The van der Waals surface area contributed by atoms with Gasteiger partial charge in [0.15, 0.2) is 19.6 Å². The highest BCUT2D eigenvalue weighted by Crippen LogP contribution is 2.16. The van der Waals surface area contributed by atoms with Crippen LogP contribution in [0, 0.1) is 6.92 Å². The van der Waals surface area contributed by atoms with Gasteiger partial charge < -0.3 is 4.80 Å². The lowest BCUT2D eigenvalue weighted by molar-refractivity contribution is 0.545. The van der Waals surface area contributed by atoms with Gasteiger partial charge in [0, 0.05) is 0 Å².